The average molecular weight is 426 g/mol. The van der Waals surface area contributed by atoms with E-state index in [0.29, 0.717) is 12.0 Å². The summed E-state index contributed by atoms with van der Waals surface area (Å²) in [6, 6.07) is 0. The van der Waals surface area contributed by atoms with Crippen molar-refractivity contribution in [2.24, 2.45) is 5.92 Å². The summed E-state index contributed by atoms with van der Waals surface area (Å²) in [4.78, 5) is 12.8. The van der Waals surface area contributed by atoms with Crippen LogP contribution in [0.5, 0.6) is 0 Å². The Morgan fingerprint density at radius 3 is 1.57 bits per heavy atom. The minimum Gasteiger partial charge on any atom is -0.481 e. The van der Waals surface area contributed by atoms with Gasteiger partial charge in [0, 0.05) is 12.0 Å². The minimum atomic E-state index is -0.653. The molecule has 1 fully saturated rings. The van der Waals surface area contributed by atoms with E-state index in [0.717, 1.165) is 18.8 Å². The van der Waals surface area contributed by atoms with E-state index in [1.165, 1.54) is 103 Å². The molecule has 1 N–H and O–H groups in total. The molecule has 0 aromatic rings. The van der Waals surface area contributed by atoms with Gasteiger partial charge in [-0.25, -0.2) is 0 Å². The van der Waals surface area contributed by atoms with Gasteiger partial charge < -0.3 is 10.0 Å². The number of aliphatic carboxylic acids is 1. The Hall–Kier alpha value is -0.570. The zero-order valence-electron chi connectivity index (χ0n) is 21.3. The molecular weight excluding hydrogens is 370 g/mol. The van der Waals surface area contributed by atoms with Crippen molar-refractivity contribution in [3.63, 3.8) is 0 Å². The predicted molar refractivity (Wildman–Crippen MR) is 132 cm³/mol. The molecule has 0 aromatic heterocycles. The second kappa shape index (κ2) is 19.1. The normalized spacial score (nSPS) is 18.6. The predicted octanol–water partition coefficient (Wildman–Crippen LogP) is 8.46. The number of carboxylic acid groups (broad SMARTS) is 1. The Morgan fingerprint density at radius 1 is 0.833 bits per heavy atom. The zero-order chi connectivity index (χ0) is 22.7. The highest BCUT2D eigenvalue weighted by atomic mass is 16.4. The lowest BCUT2D eigenvalue weighted by atomic mass is 9.81. The molecule has 1 heterocycles. The van der Waals surface area contributed by atoms with Gasteiger partial charge in [-0.05, 0) is 52.6 Å². The first-order valence-electron chi connectivity index (χ1n) is 13.2. The molecule has 1 aliphatic rings. The van der Waals surface area contributed by atoms with Gasteiger partial charge in [-0.2, -0.15) is 0 Å². The van der Waals surface area contributed by atoms with Gasteiger partial charge in [-0.15, -0.1) is 0 Å². The first kappa shape index (κ1) is 29.4. The summed E-state index contributed by atoms with van der Waals surface area (Å²) in [7, 11) is 2.23. The molecular formula is C27H55NO2. The number of rotatable bonds is 16. The van der Waals surface area contributed by atoms with Gasteiger partial charge in [0.25, 0.3) is 0 Å². The topological polar surface area (TPSA) is 40.5 Å². The Labute approximate surface area is 189 Å². The van der Waals surface area contributed by atoms with E-state index in [4.69, 9.17) is 5.11 Å². The molecule has 1 rings (SSSR count). The number of piperidine rings is 1. The van der Waals surface area contributed by atoms with Crippen LogP contribution in [0.2, 0.25) is 0 Å². The monoisotopic (exact) mass is 425 g/mol. The number of hydrogen-bond acceptors (Lipinski definition) is 2. The van der Waals surface area contributed by atoms with E-state index in [-0.39, 0.29) is 0 Å². The Bertz CT molecular complexity index is 382. The summed E-state index contributed by atoms with van der Waals surface area (Å²) in [5, 5.41) is 8.52. The number of unbranched alkanes of at least 4 members (excludes halogenated alkanes) is 14. The summed E-state index contributed by atoms with van der Waals surface area (Å²) in [5.74, 6) is 0.200. The van der Waals surface area contributed by atoms with E-state index in [1.807, 2.05) is 0 Å². The fraction of sp³-hybridized carbons (Fsp3) is 0.963. The summed E-state index contributed by atoms with van der Waals surface area (Å²) >= 11 is 0. The second-order valence-corrected chi connectivity index (χ2v) is 10.2. The molecule has 3 heteroatoms. The maximum Gasteiger partial charge on any atom is 0.303 e. The summed E-state index contributed by atoms with van der Waals surface area (Å²) in [6.45, 7) is 10.6. The van der Waals surface area contributed by atoms with Gasteiger partial charge in [0.15, 0.2) is 0 Å². The third-order valence-electron chi connectivity index (χ3n) is 7.31. The molecule has 1 unspecified atom stereocenters. The molecule has 0 radical (unpaired) electrons. The maximum absolute atomic E-state index is 10.3. The smallest absolute Gasteiger partial charge is 0.303 e. The fourth-order valence-electron chi connectivity index (χ4n) is 4.30. The van der Waals surface area contributed by atoms with Crippen molar-refractivity contribution >= 4 is 5.97 Å². The molecule has 180 valence electrons. The Kier molecular flexibility index (Phi) is 18.8. The molecule has 1 saturated heterocycles. The van der Waals surface area contributed by atoms with Crippen LogP contribution in [0.25, 0.3) is 0 Å². The third kappa shape index (κ3) is 16.2. The van der Waals surface area contributed by atoms with Crippen molar-refractivity contribution < 1.29 is 9.90 Å². The van der Waals surface area contributed by atoms with Crippen molar-refractivity contribution in [2.75, 3.05) is 13.6 Å². The van der Waals surface area contributed by atoms with Gasteiger partial charge in [-0.3, -0.25) is 4.79 Å². The molecule has 0 aliphatic carbocycles. The largest absolute Gasteiger partial charge is 0.481 e. The highest BCUT2D eigenvalue weighted by Gasteiger charge is 2.32. The lowest BCUT2D eigenvalue weighted by Gasteiger charge is -2.44. The SMILES string of the molecule is CC1CCCN(C)C1(C)C.CCCCCCCCCCCCCCCCCC(=O)O. The Morgan fingerprint density at radius 2 is 1.23 bits per heavy atom. The highest BCUT2D eigenvalue weighted by Crippen LogP contribution is 2.31. The molecule has 0 bridgehead atoms. The van der Waals surface area contributed by atoms with Crippen molar-refractivity contribution in [1.29, 1.82) is 0 Å². The molecule has 3 nitrogen and oxygen atoms in total. The van der Waals surface area contributed by atoms with Gasteiger partial charge >= 0.3 is 5.97 Å². The summed E-state index contributed by atoms with van der Waals surface area (Å²) in [6.07, 6.45) is 23.0. The molecule has 0 spiro atoms. The Balaban J connectivity index is 0.000000696. The second-order valence-electron chi connectivity index (χ2n) is 10.2. The van der Waals surface area contributed by atoms with Gasteiger partial charge in [0.05, 0.1) is 0 Å². The molecule has 0 saturated carbocycles. The van der Waals surface area contributed by atoms with Crippen LogP contribution in [0.4, 0.5) is 0 Å². The van der Waals surface area contributed by atoms with Crippen LogP contribution in [0, 0.1) is 5.92 Å². The number of nitrogens with zero attached hydrogens (tertiary/aromatic N) is 1. The molecule has 1 aliphatic heterocycles. The van der Waals surface area contributed by atoms with Gasteiger partial charge in [0.1, 0.15) is 0 Å². The van der Waals surface area contributed by atoms with Crippen LogP contribution < -0.4 is 0 Å². The van der Waals surface area contributed by atoms with Crippen LogP contribution in [0.1, 0.15) is 143 Å². The van der Waals surface area contributed by atoms with Crippen LogP contribution >= 0.6 is 0 Å². The van der Waals surface area contributed by atoms with E-state index in [9.17, 15) is 4.79 Å². The van der Waals surface area contributed by atoms with Crippen molar-refractivity contribution in [1.82, 2.24) is 4.90 Å². The maximum atomic E-state index is 10.3. The number of carbonyl (C=O) groups is 1. The van der Waals surface area contributed by atoms with E-state index in [2.05, 4.69) is 39.6 Å². The number of likely N-dealkylation sites (tertiary alicyclic amines) is 1. The van der Waals surface area contributed by atoms with Crippen molar-refractivity contribution in [3.05, 3.63) is 0 Å². The zero-order valence-corrected chi connectivity index (χ0v) is 21.3. The standard InChI is InChI=1S/C18H36O2.C9H19N/c1-2-3-4-5-6-7-8-9-10-11-12-13-14-15-16-17-18(19)20;1-8-6-5-7-10(4)9(8,2)3/h2-17H2,1H3,(H,19,20);8H,5-7H2,1-4H3. The first-order chi connectivity index (χ1) is 14.3. The minimum absolute atomic E-state index is 0.345. The van der Waals surface area contributed by atoms with Crippen molar-refractivity contribution in [2.45, 2.75) is 149 Å². The van der Waals surface area contributed by atoms with E-state index >= 15 is 0 Å². The molecule has 1 atom stereocenters. The summed E-state index contributed by atoms with van der Waals surface area (Å²) in [5.41, 5.74) is 0.429. The van der Waals surface area contributed by atoms with Gasteiger partial charge in [-0.1, -0.05) is 104 Å². The van der Waals surface area contributed by atoms with Crippen LogP contribution in [-0.4, -0.2) is 35.1 Å². The fourth-order valence-corrected chi connectivity index (χ4v) is 4.30. The molecule has 0 aromatic carbocycles. The number of carboxylic acids is 1. The molecule has 30 heavy (non-hydrogen) atoms. The average Bonchev–Trinajstić information content (AvgIpc) is 2.70. The highest BCUT2D eigenvalue weighted by molar-refractivity contribution is 5.66. The van der Waals surface area contributed by atoms with E-state index in [1.54, 1.807) is 0 Å². The molecule has 0 amide bonds. The van der Waals surface area contributed by atoms with Crippen molar-refractivity contribution in [3.8, 4) is 0 Å². The van der Waals surface area contributed by atoms with Crippen LogP contribution in [0.3, 0.4) is 0 Å². The van der Waals surface area contributed by atoms with E-state index < -0.39 is 5.97 Å². The van der Waals surface area contributed by atoms with Gasteiger partial charge in [0.2, 0.25) is 0 Å². The lowest BCUT2D eigenvalue weighted by molar-refractivity contribution is -0.137. The lowest BCUT2D eigenvalue weighted by Crippen LogP contribution is -2.49. The third-order valence-corrected chi connectivity index (χ3v) is 7.31. The quantitative estimate of drug-likeness (QED) is 0.252. The summed E-state index contributed by atoms with van der Waals surface area (Å²) < 4.78 is 0. The number of hydrogen-bond donors (Lipinski definition) is 1. The van der Waals surface area contributed by atoms with Crippen LogP contribution in [0.15, 0.2) is 0 Å². The van der Waals surface area contributed by atoms with Crippen LogP contribution in [-0.2, 0) is 4.79 Å². The first-order valence-corrected chi connectivity index (χ1v) is 13.2.